The molecule has 218 valence electrons. The minimum absolute atomic E-state index is 0.233. The van der Waals surface area contributed by atoms with Crippen LogP contribution in [0.15, 0.2) is 12.2 Å². The van der Waals surface area contributed by atoms with E-state index in [0.717, 1.165) is 44.3 Å². The number of hydrogen-bond donors (Lipinski definition) is 1. The lowest BCUT2D eigenvalue weighted by Crippen LogP contribution is -2.32. The summed E-state index contributed by atoms with van der Waals surface area (Å²) in [4.78, 5) is 49.7. The molecule has 1 heterocycles. The number of amides is 2. The fourth-order valence-corrected chi connectivity index (χ4v) is 4.88. The third-order valence-corrected chi connectivity index (χ3v) is 7.23. The van der Waals surface area contributed by atoms with Gasteiger partial charge in [-0.15, -0.1) is 0 Å². The highest BCUT2D eigenvalue weighted by molar-refractivity contribution is 6.12. The first kappa shape index (κ1) is 33.8. The van der Waals surface area contributed by atoms with Crippen LogP contribution in [0.3, 0.4) is 0 Å². The van der Waals surface area contributed by atoms with Crippen LogP contribution in [0.1, 0.15) is 161 Å². The van der Waals surface area contributed by atoms with E-state index >= 15 is 0 Å². The monoisotopic (exact) mass is 535 g/mol. The fraction of sp³-hybridized carbons (Fsp3) is 0.806. The molecule has 0 saturated carbocycles. The van der Waals surface area contributed by atoms with Gasteiger partial charge in [-0.3, -0.25) is 14.4 Å². The Bertz CT molecular complexity index is 672. The summed E-state index contributed by atoms with van der Waals surface area (Å²) in [5.41, 5.74) is 0. The second kappa shape index (κ2) is 23.9. The van der Waals surface area contributed by atoms with E-state index in [2.05, 4.69) is 0 Å². The maximum atomic E-state index is 11.7. The zero-order valence-corrected chi connectivity index (χ0v) is 23.8. The SMILES string of the molecule is O=C(O)CCCCCCCCCCCCCCCCCCCCCCCCCC(=O)ON1C(=O)C=CC1=O. The molecular formula is C31H53NO6. The summed E-state index contributed by atoms with van der Waals surface area (Å²) in [6, 6.07) is 0. The summed E-state index contributed by atoms with van der Waals surface area (Å²) >= 11 is 0. The highest BCUT2D eigenvalue weighted by Gasteiger charge is 2.27. The van der Waals surface area contributed by atoms with Gasteiger partial charge in [0.1, 0.15) is 0 Å². The zero-order chi connectivity index (χ0) is 27.7. The number of nitrogens with zero attached hydrogens (tertiary/aromatic N) is 1. The lowest BCUT2D eigenvalue weighted by atomic mass is 10.0. The Kier molecular flexibility index (Phi) is 21.3. The Labute approximate surface area is 230 Å². The summed E-state index contributed by atoms with van der Waals surface area (Å²) in [5, 5.41) is 9.13. The lowest BCUT2D eigenvalue weighted by molar-refractivity contribution is -0.196. The Morgan fingerprint density at radius 2 is 0.763 bits per heavy atom. The number of carboxylic acids is 1. The molecule has 1 aliphatic heterocycles. The molecule has 0 aliphatic carbocycles. The summed E-state index contributed by atoms with van der Waals surface area (Å²) in [6.45, 7) is 0. The van der Waals surface area contributed by atoms with E-state index in [1.54, 1.807) is 0 Å². The molecule has 0 atom stereocenters. The predicted octanol–water partition coefficient (Wildman–Crippen LogP) is 8.21. The topological polar surface area (TPSA) is 101 Å². The molecule has 0 bridgehead atoms. The average Bonchev–Trinajstić information content (AvgIpc) is 3.20. The third kappa shape index (κ3) is 19.9. The van der Waals surface area contributed by atoms with Crippen LogP contribution in [-0.2, 0) is 24.0 Å². The second-order valence-electron chi connectivity index (χ2n) is 10.8. The quantitative estimate of drug-likeness (QED) is 0.0840. The number of carboxylic acid groups (broad SMARTS) is 1. The van der Waals surface area contributed by atoms with Crippen molar-refractivity contribution in [1.82, 2.24) is 5.06 Å². The van der Waals surface area contributed by atoms with Crippen LogP contribution >= 0.6 is 0 Å². The van der Waals surface area contributed by atoms with Gasteiger partial charge in [0.05, 0.1) is 0 Å². The normalized spacial score (nSPS) is 13.0. The first-order valence-electron chi connectivity index (χ1n) is 15.5. The number of carbonyl (C=O) groups is 4. The van der Waals surface area contributed by atoms with Crippen molar-refractivity contribution in [3.63, 3.8) is 0 Å². The van der Waals surface area contributed by atoms with Gasteiger partial charge >= 0.3 is 11.9 Å². The van der Waals surface area contributed by atoms with Crippen molar-refractivity contribution < 1.29 is 29.1 Å². The molecule has 0 aromatic carbocycles. The van der Waals surface area contributed by atoms with Crippen molar-refractivity contribution >= 4 is 23.8 Å². The average molecular weight is 536 g/mol. The lowest BCUT2D eigenvalue weighted by Gasteiger charge is -2.12. The van der Waals surface area contributed by atoms with Crippen LogP contribution in [0.5, 0.6) is 0 Å². The van der Waals surface area contributed by atoms with Gasteiger partial charge in [-0.25, -0.2) is 4.79 Å². The van der Waals surface area contributed by atoms with Crippen molar-refractivity contribution in [3.05, 3.63) is 12.2 Å². The molecule has 0 radical (unpaired) electrons. The van der Waals surface area contributed by atoms with Crippen molar-refractivity contribution in [3.8, 4) is 0 Å². The molecule has 0 aromatic heterocycles. The molecule has 0 aromatic rings. The van der Waals surface area contributed by atoms with E-state index in [1.807, 2.05) is 0 Å². The van der Waals surface area contributed by atoms with Crippen LogP contribution in [0.25, 0.3) is 0 Å². The van der Waals surface area contributed by atoms with Gasteiger partial charge in [-0.05, 0) is 12.8 Å². The minimum atomic E-state index is -0.670. The number of hydrogen-bond acceptors (Lipinski definition) is 5. The second-order valence-corrected chi connectivity index (χ2v) is 10.8. The molecule has 0 saturated heterocycles. The Balaban J connectivity index is 1.69. The number of imide groups is 1. The van der Waals surface area contributed by atoms with Crippen molar-refractivity contribution in [2.75, 3.05) is 0 Å². The highest BCUT2D eigenvalue weighted by atomic mass is 16.7. The smallest absolute Gasteiger partial charge is 0.333 e. The zero-order valence-electron chi connectivity index (χ0n) is 23.8. The predicted molar refractivity (Wildman–Crippen MR) is 150 cm³/mol. The molecule has 0 spiro atoms. The molecule has 1 aliphatic rings. The number of unbranched alkanes of at least 4 members (excludes halogenated alkanes) is 22. The summed E-state index contributed by atoms with van der Waals surface area (Å²) in [7, 11) is 0. The van der Waals surface area contributed by atoms with E-state index in [-0.39, 0.29) is 6.42 Å². The van der Waals surface area contributed by atoms with Crippen LogP contribution in [-0.4, -0.2) is 33.9 Å². The fourth-order valence-electron chi connectivity index (χ4n) is 4.88. The van der Waals surface area contributed by atoms with Gasteiger partial charge in [-0.1, -0.05) is 140 Å². The summed E-state index contributed by atoms with van der Waals surface area (Å²) in [5.74, 6) is -2.40. The Hall–Kier alpha value is -2.18. The van der Waals surface area contributed by atoms with Crippen molar-refractivity contribution in [2.45, 2.75) is 161 Å². The van der Waals surface area contributed by atoms with Crippen LogP contribution in [0.4, 0.5) is 0 Å². The van der Waals surface area contributed by atoms with Crippen LogP contribution in [0.2, 0.25) is 0 Å². The molecule has 0 fully saturated rings. The van der Waals surface area contributed by atoms with Gasteiger partial charge in [-0.2, -0.15) is 0 Å². The van der Waals surface area contributed by atoms with Crippen molar-refractivity contribution in [2.24, 2.45) is 0 Å². The molecular weight excluding hydrogens is 482 g/mol. The number of carbonyl (C=O) groups excluding carboxylic acids is 3. The van der Waals surface area contributed by atoms with E-state index in [4.69, 9.17) is 9.94 Å². The molecule has 1 N–H and O–H groups in total. The molecule has 1 rings (SSSR count). The minimum Gasteiger partial charge on any atom is -0.481 e. The maximum Gasteiger partial charge on any atom is 0.333 e. The number of aliphatic carboxylic acids is 1. The Morgan fingerprint density at radius 1 is 0.500 bits per heavy atom. The summed E-state index contributed by atoms with van der Waals surface area (Å²) in [6.07, 6.45) is 31.3. The first-order valence-corrected chi connectivity index (χ1v) is 15.5. The highest BCUT2D eigenvalue weighted by Crippen LogP contribution is 2.16. The molecule has 7 heteroatoms. The van der Waals surface area contributed by atoms with E-state index in [9.17, 15) is 19.2 Å². The molecule has 38 heavy (non-hydrogen) atoms. The standard InChI is InChI=1S/C31H53NO6/c33-28-26-27-29(34)32(28)38-31(37)25-23-21-19-17-15-13-11-9-7-5-3-1-2-4-6-8-10-12-14-16-18-20-22-24-30(35)36/h26-27H,1-25H2,(H,35,36). The molecule has 0 unspecified atom stereocenters. The van der Waals surface area contributed by atoms with Gasteiger partial charge in [0.2, 0.25) is 0 Å². The molecule has 2 amide bonds. The maximum absolute atomic E-state index is 11.7. The summed E-state index contributed by atoms with van der Waals surface area (Å²) < 4.78 is 0. The van der Waals surface area contributed by atoms with Crippen LogP contribution < -0.4 is 0 Å². The first-order chi connectivity index (χ1) is 18.5. The van der Waals surface area contributed by atoms with Crippen molar-refractivity contribution in [1.29, 1.82) is 0 Å². The van der Waals surface area contributed by atoms with Crippen LogP contribution in [0, 0.1) is 0 Å². The number of hydroxylamine groups is 2. The van der Waals surface area contributed by atoms with Gasteiger partial charge in [0.25, 0.3) is 11.8 Å². The van der Waals surface area contributed by atoms with E-state index in [0.29, 0.717) is 11.5 Å². The van der Waals surface area contributed by atoms with Gasteiger partial charge in [0.15, 0.2) is 0 Å². The van der Waals surface area contributed by atoms with E-state index in [1.165, 1.54) is 116 Å². The largest absolute Gasteiger partial charge is 0.481 e. The van der Waals surface area contributed by atoms with Gasteiger partial charge < -0.3 is 9.94 Å². The Morgan fingerprint density at radius 3 is 1.05 bits per heavy atom. The molecule has 7 nitrogen and oxygen atoms in total. The van der Waals surface area contributed by atoms with Gasteiger partial charge in [0, 0.05) is 25.0 Å². The third-order valence-electron chi connectivity index (χ3n) is 7.23. The number of rotatable bonds is 27. The van der Waals surface area contributed by atoms with E-state index < -0.39 is 23.8 Å².